The summed E-state index contributed by atoms with van der Waals surface area (Å²) in [6.07, 6.45) is 1.94. The molecule has 0 radical (unpaired) electrons. The van der Waals surface area contributed by atoms with Gasteiger partial charge in [0.2, 0.25) is 0 Å². The van der Waals surface area contributed by atoms with E-state index in [9.17, 15) is 0 Å². The summed E-state index contributed by atoms with van der Waals surface area (Å²) in [6.45, 7) is 10.1. The zero-order chi connectivity index (χ0) is 8.15. The third-order valence-electron chi connectivity index (χ3n) is 1.33. The Hall–Kier alpha value is 0.180. The Morgan fingerprint density at radius 1 is 1.40 bits per heavy atom. The monoisotopic (exact) mass is 205 g/mol. The average Bonchev–Trinajstić information content (AvgIpc) is 1.85. The molecule has 0 aromatic rings. The second kappa shape index (κ2) is 4.91. The van der Waals surface area contributed by atoms with Gasteiger partial charge < -0.3 is 5.32 Å². The van der Waals surface area contributed by atoms with E-state index in [-0.39, 0.29) is 0 Å². The van der Waals surface area contributed by atoms with Crippen molar-refractivity contribution < 1.29 is 0 Å². The van der Waals surface area contributed by atoms with Crippen molar-refractivity contribution in [3.63, 3.8) is 0 Å². The van der Waals surface area contributed by atoms with Crippen molar-refractivity contribution in [1.82, 2.24) is 5.32 Å². The van der Waals surface area contributed by atoms with Crippen LogP contribution in [0.1, 0.15) is 20.8 Å². The molecule has 1 nitrogen and oxygen atoms in total. The van der Waals surface area contributed by atoms with Gasteiger partial charge in [0.15, 0.2) is 0 Å². The number of nitrogens with one attached hydrogen (secondary N) is 1. The average molecular weight is 206 g/mol. The van der Waals surface area contributed by atoms with Gasteiger partial charge in [-0.1, -0.05) is 28.9 Å². The maximum Gasteiger partial charge on any atom is 0.0693 e. The van der Waals surface area contributed by atoms with E-state index in [0.717, 1.165) is 0 Å². The maximum absolute atomic E-state index is 3.72. The SMILES string of the molecule is C=CC(C)C(Br)NC(C)C. The molecule has 2 heteroatoms. The van der Waals surface area contributed by atoms with Crippen molar-refractivity contribution in [1.29, 1.82) is 0 Å². The van der Waals surface area contributed by atoms with Crippen molar-refractivity contribution in [2.24, 2.45) is 5.92 Å². The highest BCUT2D eigenvalue weighted by Gasteiger charge is 2.09. The molecule has 0 spiro atoms. The van der Waals surface area contributed by atoms with Crippen molar-refractivity contribution in [2.75, 3.05) is 0 Å². The lowest BCUT2D eigenvalue weighted by Crippen LogP contribution is -2.33. The lowest BCUT2D eigenvalue weighted by Gasteiger charge is -2.18. The van der Waals surface area contributed by atoms with Crippen molar-refractivity contribution in [2.45, 2.75) is 31.8 Å². The van der Waals surface area contributed by atoms with Crippen LogP contribution < -0.4 is 5.32 Å². The minimum atomic E-state index is 0.352. The molecule has 0 heterocycles. The molecule has 0 bridgehead atoms. The normalized spacial score (nSPS) is 16.9. The summed E-state index contributed by atoms with van der Waals surface area (Å²) in [6, 6.07) is 0.520. The van der Waals surface area contributed by atoms with E-state index in [0.29, 0.717) is 16.9 Å². The molecular formula is C8H16BrN. The van der Waals surface area contributed by atoms with Crippen LogP contribution >= 0.6 is 15.9 Å². The summed E-state index contributed by atoms with van der Waals surface area (Å²) in [5, 5.41) is 3.34. The number of alkyl halides is 1. The van der Waals surface area contributed by atoms with Crippen LogP contribution in [-0.2, 0) is 0 Å². The van der Waals surface area contributed by atoms with Crippen molar-refractivity contribution >= 4 is 15.9 Å². The highest BCUT2D eigenvalue weighted by molar-refractivity contribution is 9.09. The van der Waals surface area contributed by atoms with E-state index < -0.39 is 0 Å². The van der Waals surface area contributed by atoms with Gasteiger partial charge in [-0.05, 0) is 19.8 Å². The highest BCUT2D eigenvalue weighted by atomic mass is 79.9. The van der Waals surface area contributed by atoms with Crippen LogP contribution in [0.15, 0.2) is 12.7 Å². The Kier molecular flexibility index (Phi) is 5.00. The second-order valence-electron chi connectivity index (χ2n) is 2.82. The van der Waals surface area contributed by atoms with Crippen LogP contribution in [0.4, 0.5) is 0 Å². The molecule has 0 rings (SSSR count). The smallest absolute Gasteiger partial charge is 0.0693 e. The van der Waals surface area contributed by atoms with Gasteiger partial charge in [0.1, 0.15) is 0 Å². The number of halogens is 1. The highest BCUT2D eigenvalue weighted by Crippen LogP contribution is 2.10. The molecule has 2 unspecified atom stereocenters. The molecule has 60 valence electrons. The van der Waals surface area contributed by atoms with Crippen LogP contribution in [0.25, 0.3) is 0 Å². The zero-order valence-corrected chi connectivity index (χ0v) is 8.48. The third kappa shape index (κ3) is 4.07. The predicted molar refractivity (Wildman–Crippen MR) is 50.3 cm³/mol. The zero-order valence-electron chi connectivity index (χ0n) is 6.89. The third-order valence-corrected chi connectivity index (χ3v) is 2.42. The van der Waals surface area contributed by atoms with Crippen LogP contribution in [0.5, 0.6) is 0 Å². The van der Waals surface area contributed by atoms with Gasteiger partial charge in [-0.3, -0.25) is 0 Å². The lowest BCUT2D eigenvalue weighted by atomic mass is 10.2. The molecule has 0 aliphatic rings. The maximum atomic E-state index is 3.72. The molecule has 10 heavy (non-hydrogen) atoms. The van der Waals surface area contributed by atoms with Crippen molar-refractivity contribution in [3.8, 4) is 0 Å². The summed E-state index contributed by atoms with van der Waals surface area (Å²) in [5.41, 5.74) is 0. The fourth-order valence-electron chi connectivity index (χ4n) is 0.590. The minimum Gasteiger partial charge on any atom is -0.302 e. The minimum absolute atomic E-state index is 0.352. The topological polar surface area (TPSA) is 12.0 Å². The van der Waals surface area contributed by atoms with Gasteiger partial charge in [-0.15, -0.1) is 6.58 Å². The molecule has 0 saturated carbocycles. The number of hydrogen-bond donors (Lipinski definition) is 1. The summed E-state index contributed by atoms with van der Waals surface area (Å²) < 4.78 is 0. The Morgan fingerprint density at radius 3 is 2.20 bits per heavy atom. The van der Waals surface area contributed by atoms with Gasteiger partial charge in [0.25, 0.3) is 0 Å². The first-order valence-corrected chi connectivity index (χ1v) is 4.52. The second-order valence-corrected chi connectivity index (χ2v) is 3.80. The molecule has 0 aromatic heterocycles. The van der Waals surface area contributed by atoms with E-state index >= 15 is 0 Å². The summed E-state index contributed by atoms with van der Waals surface area (Å²) in [4.78, 5) is 0.352. The molecular weight excluding hydrogens is 190 g/mol. The first kappa shape index (κ1) is 10.2. The standard InChI is InChI=1S/C8H16BrN/c1-5-7(4)8(9)10-6(2)3/h5-8,10H,1H2,2-4H3. The molecule has 0 fully saturated rings. The summed E-state index contributed by atoms with van der Waals surface area (Å²) >= 11 is 3.52. The Bertz CT molecular complexity index is 101. The van der Waals surface area contributed by atoms with Gasteiger partial charge in [-0.25, -0.2) is 0 Å². The quantitative estimate of drug-likeness (QED) is 0.423. The van der Waals surface area contributed by atoms with E-state index in [1.807, 2.05) is 6.08 Å². The first-order chi connectivity index (χ1) is 4.57. The summed E-state index contributed by atoms with van der Waals surface area (Å²) in [5.74, 6) is 0.474. The lowest BCUT2D eigenvalue weighted by molar-refractivity contribution is 0.507. The van der Waals surface area contributed by atoms with Gasteiger partial charge >= 0.3 is 0 Å². The Labute approximate surface area is 72.0 Å². The van der Waals surface area contributed by atoms with Crippen LogP contribution in [0.3, 0.4) is 0 Å². The van der Waals surface area contributed by atoms with Crippen molar-refractivity contribution in [3.05, 3.63) is 12.7 Å². The number of hydrogen-bond acceptors (Lipinski definition) is 1. The van der Waals surface area contributed by atoms with E-state index in [1.54, 1.807) is 0 Å². The molecule has 0 amide bonds. The fourth-order valence-corrected chi connectivity index (χ4v) is 1.33. The first-order valence-electron chi connectivity index (χ1n) is 3.60. The molecule has 0 aromatic carbocycles. The number of rotatable bonds is 4. The van der Waals surface area contributed by atoms with Crippen LogP contribution in [0.2, 0.25) is 0 Å². The largest absolute Gasteiger partial charge is 0.302 e. The molecule has 0 aliphatic heterocycles. The fraction of sp³-hybridized carbons (Fsp3) is 0.750. The van der Waals surface area contributed by atoms with E-state index in [1.165, 1.54) is 0 Å². The van der Waals surface area contributed by atoms with Gasteiger partial charge in [0.05, 0.1) is 4.95 Å². The van der Waals surface area contributed by atoms with Gasteiger partial charge in [0, 0.05) is 6.04 Å². The Balaban J connectivity index is 3.60. The van der Waals surface area contributed by atoms with E-state index in [2.05, 4.69) is 48.6 Å². The van der Waals surface area contributed by atoms with Crippen LogP contribution in [-0.4, -0.2) is 11.0 Å². The molecule has 0 aliphatic carbocycles. The molecule has 1 N–H and O–H groups in total. The van der Waals surface area contributed by atoms with Crippen LogP contribution in [0, 0.1) is 5.92 Å². The molecule has 2 atom stereocenters. The predicted octanol–water partition coefficient (Wildman–Crippen LogP) is 2.53. The summed E-state index contributed by atoms with van der Waals surface area (Å²) in [7, 11) is 0. The van der Waals surface area contributed by atoms with Gasteiger partial charge in [-0.2, -0.15) is 0 Å². The molecule has 0 saturated heterocycles. The Morgan fingerprint density at radius 2 is 1.90 bits per heavy atom. The van der Waals surface area contributed by atoms with E-state index in [4.69, 9.17) is 0 Å².